The van der Waals surface area contributed by atoms with Crippen molar-refractivity contribution in [2.24, 2.45) is 0 Å². The summed E-state index contributed by atoms with van der Waals surface area (Å²) in [5.41, 5.74) is 0. The number of rotatable bonds is 38. The summed E-state index contributed by atoms with van der Waals surface area (Å²) >= 11 is 1.77. The summed E-state index contributed by atoms with van der Waals surface area (Å²) in [5, 5.41) is 8.81. The third-order valence-electron chi connectivity index (χ3n) is 8.81. The van der Waals surface area contributed by atoms with Gasteiger partial charge in [0.15, 0.2) is 8.68 Å². The molecule has 0 aliphatic carbocycles. The maximum absolute atomic E-state index is 4.40. The predicted molar refractivity (Wildman–Crippen MR) is 216 cm³/mol. The molecule has 0 saturated heterocycles. The SMILES string of the molecule is CCCCCCCCCCCCCCCCCCSSc1nnc(SSCCCCCCCCCCCCCCCCCC)s1. The highest BCUT2D eigenvalue weighted by Gasteiger charge is 2.06. The molecule has 2 nitrogen and oxygen atoms in total. The largest absolute Gasteiger partial charge is 0.185 e. The van der Waals surface area contributed by atoms with Crippen LogP contribution >= 0.6 is 54.5 Å². The van der Waals surface area contributed by atoms with Crippen molar-refractivity contribution in [3.05, 3.63) is 0 Å². The summed E-state index contributed by atoms with van der Waals surface area (Å²) in [5.74, 6) is 2.47. The average molecular weight is 719 g/mol. The smallest absolute Gasteiger partial charge is 0.130 e. The van der Waals surface area contributed by atoms with Crippen LogP contribution in [0.5, 0.6) is 0 Å². The van der Waals surface area contributed by atoms with E-state index in [0.717, 1.165) is 8.68 Å². The first-order chi connectivity index (χ1) is 22.4. The van der Waals surface area contributed by atoms with Crippen LogP contribution in [0.2, 0.25) is 0 Å². The number of aromatic nitrogens is 2. The Morgan fingerprint density at radius 2 is 0.556 bits per heavy atom. The molecule has 266 valence electrons. The van der Waals surface area contributed by atoms with Gasteiger partial charge in [0.1, 0.15) is 0 Å². The molecule has 1 rings (SSSR count). The molecular weight excluding hydrogens is 645 g/mol. The van der Waals surface area contributed by atoms with Crippen LogP contribution in [-0.4, -0.2) is 21.7 Å². The molecule has 1 aromatic heterocycles. The molecule has 0 unspecified atom stereocenters. The van der Waals surface area contributed by atoms with Gasteiger partial charge in [0, 0.05) is 11.5 Å². The van der Waals surface area contributed by atoms with Gasteiger partial charge in [-0.05, 0) is 34.4 Å². The van der Waals surface area contributed by atoms with Crippen molar-refractivity contribution in [3.8, 4) is 0 Å². The third kappa shape index (κ3) is 33.2. The second-order valence-corrected chi connectivity index (χ2v) is 19.6. The quantitative estimate of drug-likeness (QED) is 0.0499. The molecule has 0 fully saturated rings. The van der Waals surface area contributed by atoms with E-state index in [4.69, 9.17) is 0 Å². The molecule has 0 atom stereocenters. The molecule has 1 heterocycles. The summed E-state index contributed by atoms with van der Waals surface area (Å²) in [6.07, 6.45) is 46.0. The second kappa shape index (κ2) is 37.8. The summed E-state index contributed by atoms with van der Waals surface area (Å²) in [7, 11) is 7.60. The van der Waals surface area contributed by atoms with E-state index in [2.05, 4.69) is 24.0 Å². The van der Waals surface area contributed by atoms with Crippen molar-refractivity contribution < 1.29 is 0 Å². The van der Waals surface area contributed by atoms with Crippen molar-refractivity contribution in [1.82, 2.24) is 10.2 Å². The highest BCUT2D eigenvalue weighted by Crippen LogP contribution is 2.40. The van der Waals surface area contributed by atoms with E-state index < -0.39 is 0 Å². The predicted octanol–water partition coefficient (Wildman–Crippen LogP) is 16.5. The Hall–Kier alpha value is 0.960. The molecule has 7 heteroatoms. The molecular formula is C38H74N2S5. The van der Waals surface area contributed by atoms with E-state index >= 15 is 0 Å². The van der Waals surface area contributed by atoms with Crippen LogP contribution in [0.25, 0.3) is 0 Å². The van der Waals surface area contributed by atoms with Crippen molar-refractivity contribution in [2.45, 2.75) is 228 Å². The highest BCUT2D eigenvalue weighted by atomic mass is 33.1. The summed E-state index contributed by atoms with van der Waals surface area (Å²) < 4.78 is 2.25. The molecule has 0 spiro atoms. The van der Waals surface area contributed by atoms with Gasteiger partial charge in [-0.2, -0.15) is 0 Å². The van der Waals surface area contributed by atoms with Gasteiger partial charge in [0.05, 0.1) is 0 Å². The molecule has 0 bridgehead atoms. The van der Waals surface area contributed by atoms with E-state index in [0.29, 0.717) is 0 Å². The van der Waals surface area contributed by atoms with Crippen LogP contribution in [0.3, 0.4) is 0 Å². The van der Waals surface area contributed by atoms with Gasteiger partial charge in [-0.25, -0.2) is 0 Å². The maximum atomic E-state index is 4.40. The molecule has 45 heavy (non-hydrogen) atoms. The summed E-state index contributed by atoms with van der Waals surface area (Å²) in [4.78, 5) is 0. The minimum Gasteiger partial charge on any atom is -0.130 e. The summed E-state index contributed by atoms with van der Waals surface area (Å²) in [6.45, 7) is 4.60. The zero-order chi connectivity index (χ0) is 32.1. The van der Waals surface area contributed by atoms with Crippen molar-refractivity contribution in [3.63, 3.8) is 0 Å². The Kier molecular flexibility index (Phi) is 36.9. The Balaban J connectivity index is 1.76. The monoisotopic (exact) mass is 718 g/mol. The van der Waals surface area contributed by atoms with Crippen LogP contribution < -0.4 is 0 Å². The lowest BCUT2D eigenvalue weighted by Crippen LogP contribution is -1.84. The minimum atomic E-state index is 1.13. The molecule has 0 N–H and O–H groups in total. The molecule has 0 saturated carbocycles. The van der Waals surface area contributed by atoms with Crippen LogP contribution in [-0.2, 0) is 0 Å². The van der Waals surface area contributed by atoms with Crippen LogP contribution in [0.1, 0.15) is 219 Å². The zero-order valence-corrected chi connectivity index (χ0v) is 34.1. The molecule has 1 aromatic rings. The molecule has 0 aromatic carbocycles. The van der Waals surface area contributed by atoms with Gasteiger partial charge in [0.25, 0.3) is 0 Å². The lowest BCUT2D eigenvalue weighted by molar-refractivity contribution is 0.532. The second-order valence-electron chi connectivity index (χ2n) is 13.3. The Bertz CT molecular complexity index is 632. The first-order valence-electron chi connectivity index (χ1n) is 19.8. The fourth-order valence-corrected chi connectivity index (χ4v) is 11.7. The third-order valence-corrected chi connectivity index (χ3v) is 15.2. The highest BCUT2D eigenvalue weighted by molar-refractivity contribution is 8.77. The maximum Gasteiger partial charge on any atom is 0.185 e. The van der Waals surface area contributed by atoms with Crippen LogP contribution in [0.15, 0.2) is 8.68 Å². The first kappa shape index (κ1) is 44.0. The van der Waals surface area contributed by atoms with Crippen molar-refractivity contribution >= 4 is 54.5 Å². The molecule has 0 radical (unpaired) electrons. The topological polar surface area (TPSA) is 25.8 Å². The van der Waals surface area contributed by atoms with Gasteiger partial charge in [-0.3, -0.25) is 0 Å². The van der Waals surface area contributed by atoms with E-state index in [9.17, 15) is 0 Å². The van der Waals surface area contributed by atoms with E-state index in [1.807, 2.05) is 43.2 Å². The van der Waals surface area contributed by atoms with Gasteiger partial charge in [-0.1, -0.05) is 239 Å². The first-order valence-corrected chi connectivity index (χ1v) is 25.2. The molecule has 0 aliphatic rings. The number of nitrogens with zero attached hydrogens (tertiary/aromatic N) is 2. The van der Waals surface area contributed by atoms with E-state index in [-0.39, 0.29) is 0 Å². The average Bonchev–Trinajstić information content (AvgIpc) is 3.51. The van der Waals surface area contributed by atoms with E-state index in [1.54, 1.807) is 11.3 Å². The lowest BCUT2D eigenvalue weighted by Gasteiger charge is -2.03. The Morgan fingerprint density at radius 3 is 0.800 bits per heavy atom. The lowest BCUT2D eigenvalue weighted by atomic mass is 10.0. The van der Waals surface area contributed by atoms with Gasteiger partial charge in [-0.15, -0.1) is 10.2 Å². The fourth-order valence-electron chi connectivity index (χ4n) is 5.87. The van der Waals surface area contributed by atoms with Gasteiger partial charge in [0.2, 0.25) is 0 Å². The van der Waals surface area contributed by atoms with Crippen LogP contribution in [0.4, 0.5) is 0 Å². The normalized spacial score (nSPS) is 11.6. The minimum absolute atomic E-state index is 1.13. The van der Waals surface area contributed by atoms with Gasteiger partial charge >= 0.3 is 0 Å². The number of unbranched alkanes of at least 4 members (excludes halogenated alkanes) is 30. The fraction of sp³-hybridized carbons (Fsp3) is 0.947. The Morgan fingerprint density at radius 1 is 0.333 bits per heavy atom. The number of hydrogen-bond donors (Lipinski definition) is 0. The molecule has 0 aliphatic heterocycles. The van der Waals surface area contributed by atoms with Crippen LogP contribution in [0, 0.1) is 0 Å². The van der Waals surface area contributed by atoms with Crippen molar-refractivity contribution in [2.75, 3.05) is 11.5 Å². The standard InChI is InChI=1S/C38H74N2S5/c1-3-5-7-9-11-13-15-17-19-21-23-25-27-29-31-33-35-41-44-37-39-40-38(43-37)45-42-36-34-32-30-28-26-24-22-20-18-16-14-12-10-8-6-4-2/h3-36H2,1-2H3. The Labute approximate surface area is 302 Å². The number of hydrogen-bond acceptors (Lipinski definition) is 7. The van der Waals surface area contributed by atoms with Crippen molar-refractivity contribution in [1.29, 1.82) is 0 Å². The zero-order valence-electron chi connectivity index (χ0n) is 30.0. The van der Waals surface area contributed by atoms with Gasteiger partial charge < -0.3 is 0 Å². The molecule has 0 amide bonds. The van der Waals surface area contributed by atoms with E-state index in [1.165, 1.54) is 217 Å². The summed E-state index contributed by atoms with van der Waals surface area (Å²) in [6, 6.07) is 0.